The van der Waals surface area contributed by atoms with Crippen LogP contribution in [0.15, 0.2) is 162 Å². The van der Waals surface area contributed by atoms with Crippen molar-refractivity contribution in [2.24, 2.45) is 0 Å². The lowest BCUT2D eigenvalue weighted by Gasteiger charge is -2.29. The van der Waals surface area contributed by atoms with Gasteiger partial charge in [-0.2, -0.15) is 5.26 Å². The first kappa shape index (κ1) is 26.0. The Morgan fingerprint density at radius 1 is 0.638 bits per heavy atom. The monoisotopic (exact) mass is 601 g/mol. The Kier molecular flexibility index (Phi) is 5.44. The van der Waals surface area contributed by atoms with Gasteiger partial charge in [-0.3, -0.25) is 0 Å². The zero-order valence-electron chi connectivity index (χ0n) is 25.3. The van der Waals surface area contributed by atoms with Crippen molar-refractivity contribution in [3.63, 3.8) is 0 Å². The van der Waals surface area contributed by atoms with Crippen LogP contribution < -0.4 is 4.90 Å². The maximum Gasteiger partial charge on any atom is 0.153 e. The molecule has 0 saturated carbocycles. The number of para-hydroxylation sites is 4. The summed E-state index contributed by atoms with van der Waals surface area (Å²) in [6, 6.07) is 49.6. The van der Waals surface area contributed by atoms with Gasteiger partial charge in [-0.15, -0.1) is 0 Å². The molecule has 2 unspecified atom stereocenters. The number of hydrogen-bond acceptors (Lipinski definition) is 3. The van der Waals surface area contributed by atoms with Crippen LogP contribution in [-0.2, 0) is 0 Å². The second-order valence-electron chi connectivity index (χ2n) is 12.4. The van der Waals surface area contributed by atoms with E-state index >= 15 is 0 Å². The number of aromatic nitrogens is 1. The van der Waals surface area contributed by atoms with Gasteiger partial charge in [0, 0.05) is 56.1 Å². The first-order valence-electron chi connectivity index (χ1n) is 16.0. The summed E-state index contributed by atoms with van der Waals surface area (Å²) in [6.45, 7) is 0. The normalized spacial score (nSPS) is 16.9. The highest BCUT2D eigenvalue weighted by Gasteiger charge is 2.40. The summed E-state index contributed by atoms with van der Waals surface area (Å²) in [5, 5.41) is 14.2. The molecule has 0 saturated heterocycles. The van der Waals surface area contributed by atoms with Crippen LogP contribution in [0.1, 0.15) is 28.5 Å². The molecular formula is C43H27N3O. The minimum atomic E-state index is 0.165. The van der Waals surface area contributed by atoms with Crippen LogP contribution in [0.25, 0.3) is 49.4 Å². The molecule has 0 radical (unpaired) electrons. The summed E-state index contributed by atoms with van der Waals surface area (Å²) < 4.78 is 8.54. The van der Waals surface area contributed by atoms with Gasteiger partial charge in [-0.05, 0) is 77.9 Å². The molecule has 4 heteroatoms. The average Bonchev–Trinajstić information content (AvgIpc) is 3.79. The summed E-state index contributed by atoms with van der Waals surface area (Å²) in [4.78, 5) is 2.41. The smallest absolute Gasteiger partial charge is 0.153 e. The highest BCUT2D eigenvalue weighted by molar-refractivity contribution is 6.10. The van der Waals surface area contributed by atoms with E-state index in [2.05, 4.69) is 143 Å². The maximum absolute atomic E-state index is 9.68. The van der Waals surface area contributed by atoms with Crippen LogP contribution in [0.4, 0.5) is 11.4 Å². The van der Waals surface area contributed by atoms with Gasteiger partial charge in [0.25, 0.3) is 0 Å². The van der Waals surface area contributed by atoms with E-state index in [0.29, 0.717) is 11.1 Å². The summed E-state index contributed by atoms with van der Waals surface area (Å²) in [5.41, 5.74) is 11.7. The molecule has 0 amide bonds. The summed E-state index contributed by atoms with van der Waals surface area (Å²) in [6.07, 6.45) is 6.85. The van der Waals surface area contributed by atoms with Gasteiger partial charge >= 0.3 is 0 Å². The zero-order chi connectivity index (χ0) is 31.1. The first-order chi connectivity index (χ1) is 23.3. The second kappa shape index (κ2) is 9.84. The van der Waals surface area contributed by atoms with Crippen LogP contribution in [0.2, 0.25) is 0 Å². The number of rotatable bonds is 3. The first-order valence-corrected chi connectivity index (χ1v) is 16.0. The highest BCUT2D eigenvalue weighted by atomic mass is 16.3. The number of nitriles is 1. The minimum absolute atomic E-state index is 0.165. The van der Waals surface area contributed by atoms with Crippen molar-refractivity contribution < 1.29 is 4.42 Å². The van der Waals surface area contributed by atoms with Crippen LogP contribution in [0, 0.1) is 11.3 Å². The third-order valence-corrected chi connectivity index (χ3v) is 9.99. The lowest BCUT2D eigenvalue weighted by atomic mass is 9.78. The Bertz CT molecular complexity index is 2670. The Morgan fingerprint density at radius 2 is 1.45 bits per heavy atom. The lowest BCUT2D eigenvalue weighted by molar-refractivity contribution is 0.667. The number of nitrogens with zero attached hydrogens (tertiary/aromatic N) is 3. The number of allylic oxidation sites excluding steroid dienone is 4. The molecule has 2 aliphatic rings. The van der Waals surface area contributed by atoms with E-state index in [9.17, 15) is 5.26 Å². The number of furan rings is 1. The van der Waals surface area contributed by atoms with Gasteiger partial charge in [0.1, 0.15) is 11.7 Å². The van der Waals surface area contributed by atoms with Crippen LogP contribution in [0.5, 0.6) is 0 Å². The van der Waals surface area contributed by atoms with Crippen LogP contribution in [0.3, 0.4) is 0 Å². The Hall–Kier alpha value is -6.31. The van der Waals surface area contributed by atoms with E-state index in [4.69, 9.17) is 4.42 Å². The largest absolute Gasteiger partial charge is 0.455 e. The molecule has 6 aromatic carbocycles. The van der Waals surface area contributed by atoms with Gasteiger partial charge in [-0.1, -0.05) is 84.9 Å². The van der Waals surface area contributed by atoms with Gasteiger partial charge < -0.3 is 13.9 Å². The van der Waals surface area contributed by atoms with E-state index in [0.717, 1.165) is 22.0 Å². The molecule has 220 valence electrons. The second-order valence-corrected chi connectivity index (χ2v) is 12.4. The fourth-order valence-corrected chi connectivity index (χ4v) is 7.99. The van der Waals surface area contributed by atoms with E-state index in [1.165, 1.54) is 50.0 Å². The molecule has 47 heavy (non-hydrogen) atoms. The molecule has 0 fully saturated rings. The zero-order valence-corrected chi connectivity index (χ0v) is 25.3. The predicted octanol–water partition coefficient (Wildman–Crippen LogP) is 11.0. The van der Waals surface area contributed by atoms with Crippen molar-refractivity contribution in [2.75, 3.05) is 4.90 Å². The van der Waals surface area contributed by atoms with Gasteiger partial charge in [0.15, 0.2) is 5.58 Å². The fraction of sp³-hybridized carbons (Fsp3) is 0.0465. The Labute approximate surface area is 271 Å². The molecule has 0 N–H and O–H groups in total. The number of hydrogen-bond donors (Lipinski definition) is 0. The molecule has 8 aromatic rings. The number of fused-ring (bicyclic) bond motifs is 9. The molecule has 1 aliphatic carbocycles. The molecule has 2 atom stereocenters. The quantitative estimate of drug-likeness (QED) is 0.202. The minimum Gasteiger partial charge on any atom is -0.455 e. The predicted molar refractivity (Wildman–Crippen MR) is 191 cm³/mol. The van der Waals surface area contributed by atoms with Crippen molar-refractivity contribution in [1.29, 1.82) is 5.26 Å². The standard InChI is InChI=1S/C43H27N3O/c44-26-28-10-8-16-33-36-25-30(21-23-41(36)47-43(28)33)46-38-18-7-5-14-34(38)42-31(15-9-19-40(42)46)27-20-22-39-35(24-27)32-13-4-6-17-37(32)45(39)29-11-2-1-3-12-29/h1-25,31,42H. The third-order valence-electron chi connectivity index (χ3n) is 9.99. The topological polar surface area (TPSA) is 45.1 Å². The third kappa shape index (κ3) is 3.69. The van der Waals surface area contributed by atoms with Crippen molar-refractivity contribution in [3.05, 3.63) is 174 Å². The Morgan fingerprint density at radius 3 is 2.36 bits per heavy atom. The fourth-order valence-electron chi connectivity index (χ4n) is 7.99. The molecule has 10 rings (SSSR count). The van der Waals surface area contributed by atoms with Gasteiger partial charge in [0.2, 0.25) is 0 Å². The van der Waals surface area contributed by atoms with E-state index in [1.807, 2.05) is 24.3 Å². The molecule has 1 aliphatic heterocycles. The number of anilines is 2. The summed E-state index contributed by atoms with van der Waals surface area (Å²) in [7, 11) is 0. The molecule has 0 bridgehead atoms. The molecule has 4 nitrogen and oxygen atoms in total. The van der Waals surface area contributed by atoms with Crippen molar-refractivity contribution in [1.82, 2.24) is 4.57 Å². The average molecular weight is 602 g/mol. The molecule has 0 spiro atoms. The highest BCUT2D eigenvalue weighted by Crippen LogP contribution is 2.55. The van der Waals surface area contributed by atoms with E-state index in [-0.39, 0.29) is 11.8 Å². The maximum atomic E-state index is 9.68. The number of benzene rings is 6. The van der Waals surface area contributed by atoms with Crippen molar-refractivity contribution in [2.45, 2.75) is 11.8 Å². The SMILES string of the molecule is N#Cc1cccc2c1oc1ccc(N3C4=CC=CC(c5ccc6c(c5)c5ccccc5n6-c5ccccc5)C4c4ccccc43)cc12. The van der Waals surface area contributed by atoms with Gasteiger partial charge in [0.05, 0.1) is 16.6 Å². The van der Waals surface area contributed by atoms with E-state index in [1.54, 1.807) is 0 Å². The Balaban J connectivity index is 1.12. The molecular weight excluding hydrogens is 574 g/mol. The van der Waals surface area contributed by atoms with Crippen LogP contribution >= 0.6 is 0 Å². The molecule has 2 aromatic heterocycles. The summed E-state index contributed by atoms with van der Waals surface area (Å²) in [5.74, 6) is 0.333. The van der Waals surface area contributed by atoms with E-state index < -0.39 is 0 Å². The lowest BCUT2D eigenvalue weighted by Crippen LogP contribution is -2.18. The van der Waals surface area contributed by atoms with Crippen molar-refractivity contribution in [3.8, 4) is 11.8 Å². The van der Waals surface area contributed by atoms with Crippen LogP contribution in [-0.4, -0.2) is 4.57 Å². The van der Waals surface area contributed by atoms with Gasteiger partial charge in [-0.25, -0.2) is 0 Å². The van der Waals surface area contributed by atoms with Crippen molar-refractivity contribution >= 4 is 55.1 Å². The molecule has 3 heterocycles. The summed E-state index contributed by atoms with van der Waals surface area (Å²) >= 11 is 0.